The molecule has 1 aliphatic carbocycles. The molecule has 0 fully saturated rings. The van der Waals surface area contributed by atoms with Crippen molar-refractivity contribution in [1.82, 2.24) is 0 Å². The fourth-order valence-corrected chi connectivity index (χ4v) is 6.90. The molecule has 2 N–H and O–H groups in total. The molecule has 0 aliphatic heterocycles. The first-order valence-electron chi connectivity index (χ1n) is 11.1. The number of benzene rings is 2. The zero-order chi connectivity index (χ0) is 23.8. The molecule has 4 rings (SSSR count). The normalized spacial score (nSPS) is 16.2. The molecule has 0 saturated carbocycles. The zero-order valence-electron chi connectivity index (χ0n) is 19.4. The predicted molar refractivity (Wildman–Crippen MR) is 136 cm³/mol. The SMILES string of the molecule is Cc1ccc(NC(=O)c2c(NS(=O)(=O)c3ccccc3)sc3c2CC[C@@H](C(C)(C)C)C3)cc1. The molecule has 2 aromatic carbocycles. The summed E-state index contributed by atoms with van der Waals surface area (Å²) < 4.78 is 28.9. The standard InChI is InChI=1S/C26H30N2O3S2/c1-17-10-13-19(14-11-17)27-24(29)23-21-15-12-18(26(2,3)4)16-22(21)32-25(23)28-33(30,31)20-8-6-5-7-9-20/h5-11,13-14,18,28H,12,15-16H2,1-4H3,(H,27,29)/t18-/m1/s1. The van der Waals surface area contributed by atoms with Crippen LogP contribution in [0.1, 0.15) is 53.6 Å². The molecule has 0 radical (unpaired) electrons. The average molecular weight is 483 g/mol. The highest BCUT2D eigenvalue weighted by Gasteiger charge is 2.34. The van der Waals surface area contributed by atoms with Gasteiger partial charge in [0.1, 0.15) is 5.00 Å². The minimum absolute atomic E-state index is 0.149. The molecule has 1 atom stereocenters. The van der Waals surface area contributed by atoms with Crippen LogP contribution in [0.15, 0.2) is 59.5 Å². The van der Waals surface area contributed by atoms with Crippen molar-refractivity contribution < 1.29 is 13.2 Å². The van der Waals surface area contributed by atoms with Crippen LogP contribution in [0.2, 0.25) is 0 Å². The Bertz CT molecular complexity index is 1260. The molecule has 7 heteroatoms. The predicted octanol–water partition coefficient (Wildman–Crippen LogP) is 6.26. The van der Waals surface area contributed by atoms with E-state index in [1.165, 1.54) is 11.3 Å². The second-order valence-corrected chi connectivity index (χ2v) is 12.5. The van der Waals surface area contributed by atoms with Crippen molar-refractivity contribution in [3.63, 3.8) is 0 Å². The molecule has 5 nitrogen and oxygen atoms in total. The fourth-order valence-electron chi connectivity index (χ4n) is 4.25. The van der Waals surface area contributed by atoms with Gasteiger partial charge in [0, 0.05) is 10.6 Å². The molecule has 0 saturated heterocycles. The van der Waals surface area contributed by atoms with Crippen molar-refractivity contribution in [3.8, 4) is 0 Å². The highest BCUT2D eigenvalue weighted by Crippen LogP contribution is 2.45. The van der Waals surface area contributed by atoms with Crippen LogP contribution >= 0.6 is 11.3 Å². The Labute approximate surface area is 200 Å². The highest BCUT2D eigenvalue weighted by atomic mass is 32.2. The third-order valence-electron chi connectivity index (χ3n) is 6.31. The Kier molecular flexibility index (Phi) is 6.38. The molecule has 174 valence electrons. The number of sulfonamides is 1. The van der Waals surface area contributed by atoms with E-state index in [0.29, 0.717) is 22.2 Å². The number of fused-ring (bicyclic) bond motifs is 1. The highest BCUT2D eigenvalue weighted by molar-refractivity contribution is 7.93. The maximum Gasteiger partial charge on any atom is 0.262 e. The Morgan fingerprint density at radius 1 is 1.03 bits per heavy atom. The van der Waals surface area contributed by atoms with E-state index >= 15 is 0 Å². The van der Waals surface area contributed by atoms with Crippen LogP contribution < -0.4 is 10.0 Å². The van der Waals surface area contributed by atoms with E-state index in [-0.39, 0.29) is 16.2 Å². The van der Waals surface area contributed by atoms with Crippen LogP contribution in [0.3, 0.4) is 0 Å². The fraction of sp³-hybridized carbons (Fsp3) is 0.346. The van der Waals surface area contributed by atoms with Crippen LogP contribution in [0.4, 0.5) is 10.7 Å². The van der Waals surface area contributed by atoms with Crippen LogP contribution in [-0.2, 0) is 22.9 Å². The van der Waals surface area contributed by atoms with E-state index in [9.17, 15) is 13.2 Å². The molecule has 1 heterocycles. The molecule has 0 bridgehead atoms. The smallest absolute Gasteiger partial charge is 0.262 e. The lowest BCUT2D eigenvalue weighted by molar-refractivity contribution is 0.102. The number of amides is 1. The second kappa shape index (κ2) is 8.95. The number of anilines is 2. The number of hydrogen-bond acceptors (Lipinski definition) is 4. The summed E-state index contributed by atoms with van der Waals surface area (Å²) in [5, 5.41) is 3.35. The summed E-state index contributed by atoms with van der Waals surface area (Å²) in [5.41, 5.74) is 3.35. The van der Waals surface area contributed by atoms with E-state index < -0.39 is 10.0 Å². The number of thiophene rings is 1. The summed E-state index contributed by atoms with van der Waals surface area (Å²) in [4.78, 5) is 14.7. The summed E-state index contributed by atoms with van der Waals surface area (Å²) in [6.07, 6.45) is 2.59. The van der Waals surface area contributed by atoms with Gasteiger partial charge in [-0.2, -0.15) is 0 Å². The van der Waals surface area contributed by atoms with Crippen LogP contribution in [0.25, 0.3) is 0 Å². The molecule has 1 amide bonds. The quantitative estimate of drug-likeness (QED) is 0.451. The van der Waals surface area contributed by atoms with Crippen molar-refractivity contribution in [3.05, 3.63) is 76.2 Å². The van der Waals surface area contributed by atoms with Gasteiger partial charge in [-0.25, -0.2) is 8.42 Å². The second-order valence-electron chi connectivity index (χ2n) is 9.75. The van der Waals surface area contributed by atoms with Gasteiger partial charge in [-0.3, -0.25) is 9.52 Å². The van der Waals surface area contributed by atoms with Crippen molar-refractivity contribution in [1.29, 1.82) is 0 Å². The number of nitrogens with one attached hydrogen (secondary N) is 2. The van der Waals surface area contributed by atoms with Crippen molar-refractivity contribution in [2.75, 3.05) is 10.0 Å². The first kappa shape index (κ1) is 23.5. The lowest BCUT2D eigenvalue weighted by atomic mass is 9.72. The van der Waals surface area contributed by atoms with Gasteiger partial charge < -0.3 is 5.32 Å². The number of rotatable bonds is 5. The van der Waals surface area contributed by atoms with Crippen LogP contribution in [0.5, 0.6) is 0 Å². The molecular formula is C26H30N2O3S2. The molecular weight excluding hydrogens is 452 g/mol. The minimum atomic E-state index is -3.81. The van der Waals surface area contributed by atoms with E-state index in [1.54, 1.807) is 30.3 Å². The monoisotopic (exact) mass is 482 g/mol. The van der Waals surface area contributed by atoms with Gasteiger partial charge in [0.15, 0.2) is 0 Å². The lowest BCUT2D eigenvalue weighted by Gasteiger charge is -2.33. The van der Waals surface area contributed by atoms with Crippen molar-refractivity contribution in [2.45, 2.75) is 51.9 Å². The van der Waals surface area contributed by atoms with Crippen molar-refractivity contribution in [2.24, 2.45) is 11.3 Å². The van der Waals surface area contributed by atoms with E-state index in [2.05, 4.69) is 30.8 Å². The Hall–Kier alpha value is -2.64. The van der Waals surface area contributed by atoms with Gasteiger partial charge in [0.2, 0.25) is 0 Å². The van der Waals surface area contributed by atoms with Gasteiger partial charge in [0.05, 0.1) is 10.5 Å². The molecule has 1 aromatic heterocycles. The van der Waals surface area contributed by atoms with Crippen molar-refractivity contribution >= 4 is 38.0 Å². The number of hydrogen-bond donors (Lipinski definition) is 2. The van der Waals surface area contributed by atoms with Gasteiger partial charge >= 0.3 is 0 Å². The summed E-state index contributed by atoms with van der Waals surface area (Å²) in [6.45, 7) is 8.70. The third-order valence-corrected chi connectivity index (χ3v) is 8.97. The maximum atomic E-state index is 13.4. The number of carbonyl (C=O) groups excluding carboxylic acids is 1. The first-order valence-corrected chi connectivity index (χ1v) is 13.4. The van der Waals surface area contributed by atoms with E-state index in [4.69, 9.17) is 0 Å². The average Bonchev–Trinajstić information content (AvgIpc) is 3.11. The Morgan fingerprint density at radius 2 is 1.70 bits per heavy atom. The van der Waals surface area contributed by atoms with Gasteiger partial charge in [-0.05, 0) is 67.3 Å². The largest absolute Gasteiger partial charge is 0.322 e. The van der Waals surface area contributed by atoms with E-state index in [0.717, 1.165) is 35.3 Å². The number of aryl methyl sites for hydroxylation is 1. The zero-order valence-corrected chi connectivity index (χ0v) is 21.1. The number of carbonyl (C=O) groups is 1. The summed E-state index contributed by atoms with van der Waals surface area (Å²) in [5.74, 6) is 0.201. The molecule has 0 unspecified atom stereocenters. The summed E-state index contributed by atoms with van der Waals surface area (Å²) in [7, 11) is -3.81. The molecule has 3 aromatic rings. The third kappa shape index (κ3) is 5.14. The summed E-state index contributed by atoms with van der Waals surface area (Å²) >= 11 is 1.39. The Morgan fingerprint density at radius 3 is 2.33 bits per heavy atom. The first-order chi connectivity index (χ1) is 15.5. The Balaban J connectivity index is 1.72. The molecule has 33 heavy (non-hydrogen) atoms. The van der Waals surface area contributed by atoms with E-state index in [1.807, 2.05) is 31.2 Å². The maximum absolute atomic E-state index is 13.4. The lowest BCUT2D eigenvalue weighted by Crippen LogP contribution is -2.27. The summed E-state index contributed by atoms with van der Waals surface area (Å²) in [6, 6.07) is 15.8. The molecule has 0 spiro atoms. The van der Waals surface area contributed by atoms with Gasteiger partial charge in [-0.1, -0.05) is 56.7 Å². The van der Waals surface area contributed by atoms with Gasteiger partial charge in [-0.15, -0.1) is 11.3 Å². The topological polar surface area (TPSA) is 75.3 Å². The van der Waals surface area contributed by atoms with Gasteiger partial charge in [0.25, 0.3) is 15.9 Å². The van der Waals surface area contributed by atoms with Crippen LogP contribution in [0, 0.1) is 18.3 Å². The minimum Gasteiger partial charge on any atom is -0.322 e. The van der Waals surface area contributed by atoms with Crippen LogP contribution in [-0.4, -0.2) is 14.3 Å². The molecule has 1 aliphatic rings.